The van der Waals surface area contributed by atoms with Crippen LogP contribution in [0.5, 0.6) is 0 Å². The van der Waals surface area contributed by atoms with Gasteiger partial charge in [0.2, 0.25) is 10.0 Å². The number of nitrogens with zero attached hydrogens (tertiary/aromatic N) is 2. The fourth-order valence-corrected chi connectivity index (χ4v) is 4.91. The van der Waals surface area contributed by atoms with Crippen molar-refractivity contribution in [1.29, 1.82) is 0 Å². The Bertz CT molecular complexity index is 367. The molecule has 106 valence electrons. The van der Waals surface area contributed by atoms with Crippen LogP contribution in [0.15, 0.2) is 0 Å². The number of piperidine rings is 1. The lowest BCUT2D eigenvalue weighted by Crippen LogP contribution is -2.58. The van der Waals surface area contributed by atoms with Crippen LogP contribution in [0.25, 0.3) is 0 Å². The molecule has 2 fully saturated rings. The van der Waals surface area contributed by atoms with E-state index < -0.39 is 10.0 Å². The highest BCUT2D eigenvalue weighted by molar-refractivity contribution is 7.89. The quantitative estimate of drug-likeness (QED) is 0.776. The smallest absolute Gasteiger partial charge is 0.218 e. The molecule has 18 heavy (non-hydrogen) atoms. The molecule has 0 bridgehead atoms. The standard InChI is InChI=1S/C12H25N3O2S/c1-10-8-15(9-11(2)14(10)3)18(16,17)12-5-4-6-13-7-12/h10-13H,4-9H2,1-3H3. The molecule has 0 spiro atoms. The minimum absolute atomic E-state index is 0.228. The van der Waals surface area contributed by atoms with Crippen LogP contribution in [-0.4, -0.2) is 68.2 Å². The van der Waals surface area contributed by atoms with E-state index in [0.29, 0.717) is 31.7 Å². The van der Waals surface area contributed by atoms with E-state index in [9.17, 15) is 8.42 Å². The van der Waals surface area contributed by atoms with Crippen LogP contribution in [0.4, 0.5) is 0 Å². The Labute approximate surface area is 111 Å². The highest BCUT2D eigenvalue weighted by Crippen LogP contribution is 2.22. The van der Waals surface area contributed by atoms with Crippen LogP contribution in [0.3, 0.4) is 0 Å². The third-order valence-corrected chi connectivity index (χ3v) is 6.62. The molecule has 0 aliphatic carbocycles. The zero-order valence-electron chi connectivity index (χ0n) is 11.6. The third kappa shape index (κ3) is 2.71. The Balaban J connectivity index is 2.10. The first-order valence-corrected chi connectivity index (χ1v) is 8.35. The topological polar surface area (TPSA) is 52.7 Å². The molecular weight excluding hydrogens is 250 g/mol. The predicted molar refractivity (Wildman–Crippen MR) is 73.1 cm³/mol. The summed E-state index contributed by atoms with van der Waals surface area (Å²) in [5.74, 6) is 0. The van der Waals surface area contributed by atoms with Crippen LogP contribution in [0.2, 0.25) is 0 Å². The van der Waals surface area contributed by atoms with Gasteiger partial charge in [0.05, 0.1) is 5.25 Å². The van der Waals surface area contributed by atoms with Gasteiger partial charge in [-0.15, -0.1) is 0 Å². The molecule has 5 nitrogen and oxygen atoms in total. The van der Waals surface area contributed by atoms with E-state index in [-0.39, 0.29) is 5.25 Å². The molecule has 3 atom stereocenters. The van der Waals surface area contributed by atoms with Gasteiger partial charge >= 0.3 is 0 Å². The zero-order valence-corrected chi connectivity index (χ0v) is 12.4. The molecule has 3 unspecified atom stereocenters. The van der Waals surface area contributed by atoms with Crippen molar-refractivity contribution in [2.24, 2.45) is 0 Å². The molecule has 1 N–H and O–H groups in total. The molecule has 0 aromatic rings. The Morgan fingerprint density at radius 3 is 2.28 bits per heavy atom. The van der Waals surface area contributed by atoms with Gasteiger partial charge < -0.3 is 5.32 Å². The predicted octanol–water partition coefficient (Wildman–Crippen LogP) is 0.0926. The van der Waals surface area contributed by atoms with Gasteiger partial charge in [0.15, 0.2) is 0 Å². The van der Waals surface area contributed by atoms with Crippen molar-refractivity contribution >= 4 is 10.0 Å². The average molecular weight is 275 g/mol. The summed E-state index contributed by atoms with van der Waals surface area (Å²) < 4.78 is 26.9. The molecule has 2 aliphatic heterocycles. The molecule has 0 amide bonds. The number of hydrogen-bond donors (Lipinski definition) is 1. The van der Waals surface area contributed by atoms with Crippen molar-refractivity contribution in [3.05, 3.63) is 0 Å². The van der Waals surface area contributed by atoms with Gasteiger partial charge in [-0.25, -0.2) is 8.42 Å². The molecule has 2 heterocycles. The number of sulfonamides is 1. The van der Waals surface area contributed by atoms with Gasteiger partial charge in [-0.2, -0.15) is 4.31 Å². The van der Waals surface area contributed by atoms with Gasteiger partial charge in [0.1, 0.15) is 0 Å². The fraction of sp³-hybridized carbons (Fsp3) is 1.00. The van der Waals surface area contributed by atoms with Crippen molar-refractivity contribution in [2.45, 2.75) is 44.0 Å². The maximum absolute atomic E-state index is 12.6. The van der Waals surface area contributed by atoms with E-state index in [1.54, 1.807) is 4.31 Å². The molecule has 0 aromatic carbocycles. The van der Waals surface area contributed by atoms with E-state index in [4.69, 9.17) is 0 Å². The average Bonchev–Trinajstić information content (AvgIpc) is 2.36. The summed E-state index contributed by atoms with van der Waals surface area (Å²) in [7, 11) is -1.06. The van der Waals surface area contributed by atoms with Gasteiger partial charge in [-0.05, 0) is 40.3 Å². The molecular formula is C12H25N3O2S. The van der Waals surface area contributed by atoms with E-state index in [2.05, 4.69) is 31.1 Å². The molecule has 0 aromatic heterocycles. The summed E-state index contributed by atoms with van der Waals surface area (Å²) in [5.41, 5.74) is 0. The summed E-state index contributed by atoms with van der Waals surface area (Å²) in [6.45, 7) is 6.99. The van der Waals surface area contributed by atoms with Crippen molar-refractivity contribution in [2.75, 3.05) is 33.2 Å². The summed E-state index contributed by atoms with van der Waals surface area (Å²) in [5, 5.41) is 2.97. The highest BCUT2D eigenvalue weighted by atomic mass is 32.2. The largest absolute Gasteiger partial charge is 0.315 e. The van der Waals surface area contributed by atoms with Crippen molar-refractivity contribution < 1.29 is 8.42 Å². The minimum atomic E-state index is -3.13. The van der Waals surface area contributed by atoms with Crippen molar-refractivity contribution in [1.82, 2.24) is 14.5 Å². The van der Waals surface area contributed by atoms with E-state index in [1.807, 2.05) is 0 Å². The first kappa shape index (κ1) is 14.2. The Kier molecular flexibility index (Phi) is 4.31. The van der Waals surface area contributed by atoms with E-state index >= 15 is 0 Å². The van der Waals surface area contributed by atoms with Crippen LogP contribution in [-0.2, 0) is 10.0 Å². The summed E-state index contributed by atoms with van der Waals surface area (Å²) in [4.78, 5) is 2.26. The number of hydrogen-bond acceptors (Lipinski definition) is 4. The van der Waals surface area contributed by atoms with Crippen molar-refractivity contribution in [3.8, 4) is 0 Å². The molecule has 0 radical (unpaired) electrons. The monoisotopic (exact) mass is 275 g/mol. The molecule has 2 rings (SSSR count). The SMILES string of the molecule is CC1CN(S(=O)(=O)C2CCCNC2)CC(C)N1C. The molecule has 0 saturated carbocycles. The number of piperazine rings is 1. The Morgan fingerprint density at radius 2 is 1.78 bits per heavy atom. The Hall–Kier alpha value is -0.170. The second-order valence-electron chi connectivity index (χ2n) is 5.69. The third-order valence-electron chi connectivity index (χ3n) is 4.36. The summed E-state index contributed by atoms with van der Waals surface area (Å²) in [6, 6.07) is 0.583. The van der Waals surface area contributed by atoms with Crippen LogP contribution in [0.1, 0.15) is 26.7 Å². The van der Waals surface area contributed by atoms with Crippen molar-refractivity contribution in [3.63, 3.8) is 0 Å². The maximum atomic E-state index is 12.6. The number of nitrogens with one attached hydrogen (secondary N) is 1. The lowest BCUT2D eigenvalue weighted by molar-refractivity contribution is 0.104. The Morgan fingerprint density at radius 1 is 1.17 bits per heavy atom. The van der Waals surface area contributed by atoms with Gasteiger partial charge in [-0.3, -0.25) is 4.90 Å². The lowest BCUT2D eigenvalue weighted by Gasteiger charge is -2.43. The van der Waals surface area contributed by atoms with Crippen LogP contribution < -0.4 is 5.32 Å². The number of rotatable bonds is 2. The number of likely N-dealkylation sites (N-methyl/N-ethyl adjacent to an activating group) is 1. The van der Waals surface area contributed by atoms with Gasteiger partial charge in [-0.1, -0.05) is 0 Å². The van der Waals surface area contributed by atoms with E-state index in [0.717, 1.165) is 19.4 Å². The lowest BCUT2D eigenvalue weighted by atomic mass is 10.1. The first-order valence-electron chi connectivity index (χ1n) is 6.84. The van der Waals surface area contributed by atoms with Crippen LogP contribution in [0, 0.1) is 0 Å². The highest BCUT2D eigenvalue weighted by Gasteiger charge is 2.38. The van der Waals surface area contributed by atoms with Gasteiger partial charge in [0.25, 0.3) is 0 Å². The summed E-state index contributed by atoms with van der Waals surface area (Å²) >= 11 is 0. The minimum Gasteiger partial charge on any atom is -0.315 e. The summed E-state index contributed by atoms with van der Waals surface area (Å²) in [6.07, 6.45) is 1.76. The normalized spacial score (nSPS) is 36.7. The van der Waals surface area contributed by atoms with Gasteiger partial charge in [0, 0.05) is 31.7 Å². The molecule has 2 aliphatic rings. The van der Waals surface area contributed by atoms with Crippen LogP contribution >= 0.6 is 0 Å². The fourth-order valence-electron chi connectivity index (χ4n) is 2.85. The van der Waals surface area contributed by atoms with E-state index in [1.165, 1.54) is 0 Å². The second kappa shape index (κ2) is 5.45. The maximum Gasteiger partial charge on any atom is 0.218 e. The first-order chi connectivity index (χ1) is 8.43. The second-order valence-corrected chi connectivity index (χ2v) is 7.91. The molecule has 6 heteroatoms. The zero-order chi connectivity index (χ0) is 13.3. The molecule has 2 saturated heterocycles.